The summed E-state index contributed by atoms with van der Waals surface area (Å²) in [6, 6.07) is 13.9. The number of amides is 1. The van der Waals surface area contributed by atoms with E-state index < -0.39 is 10.0 Å². The SMILES string of the molecule is O=C(c1ccc(N2CCCS2(=O)=O)cc1)N1CC=C(c2ccc(O)cc2)CC1. The van der Waals surface area contributed by atoms with Crippen LogP contribution in [0.4, 0.5) is 5.69 Å². The number of carbonyl (C=O) groups is 1. The van der Waals surface area contributed by atoms with Gasteiger partial charge in [-0.15, -0.1) is 0 Å². The summed E-state index contributed by atoms with van der Waals surface area (Å²) in [5.74, 6) is 0.357. The van der Waals surface area contributed by atoms with Gasteiger partial charge in [-0.05, 0) is 60.4 Å². The van der Waals surface area contributed by atoms with E-state index in [1.54, 1.807) is 41.3 Å². The van der Waals surface area contributed by atoms with Crippen LogP contribution in [0.5, 0.6) is 5.75 Å². The maximum atomic E-state index is 12.8. The van der Waals surface area contributed by atoms with E-state index in [1.165, 1.54) is 9.88 Å². The summed E-state index contributed by atoms with van der Waals surface area (Å²) in [6.45, 7) is 1.64. The standard InChI is InChI=1S/C21H22N2O4S/c24-20-8-4-16(5-9-20)17-10-13-22(14-11-17)21(25)18-2-6-19(7-3-18)23-12-1-15-28(23,26)27/h2-10,24H,1,11-15H2. The lowest BCUT2D eigenvalue weighted by molar-refractivity contribution is 0.0773. The fourth-order valence-corrected chi connectivity index (χ4v) is 5.24. The van der Waals surface area contributed by atoms with E-state index in [9.17, 15) is 18.3 Å². The van der Waals surface area contributed by atoms with Gasteiger partial charge in [0, 0.05) is 25.2 Å². The third-order valence-corrected chi connectivity index (χ3v) is 7.11. The summed E-state index contributed by atoms with van der Waals surface area (Å²) in [6.07, 6.45) is 3.42. The minimum Gasteiger partial charge on any atom is -0.508 e. The molecular weight excluding hydrogens is 376 g/mol. The topological polar surface area (TPSA) is 77.9 Å². The molecule has 1 fully saturated rings. The first-order valence-electron chi connectivity index (χ1n) is 9.32. The monoisotopic (exact) mass is 398 g/mol. The first-order chi connectivity index (χ1) is 13.4. The van der Waals surface area contributed by atoms with Gasteiger partial charge >= 0.3 is 0 Å². The highest BCUT2D eigenvalue weighted by atomic mass is 32.2. The molecule has 28 heavy (non-hydrogen) atoms. The highest BCUT2D eigenvalue weighted by Crippen LogP contribution is 2.26. The van der Waals surface area contributed by atoms with Crippen LogP contribution >= 0.6 is 0 Å². The van der Waals surface area contributed by atoms with Crippen molar-refractivity contribution in [3.63, 3.8) is 0 Å². The van der Waals surface area contributed by atoms with E-state index in [0.717, 1.165) is 12.0 Å². The summed E-state index contributed by atoms with van der Waals surface area (Å²) in [7, 11) is -3.21. The molecule has 0 unspecified atom stereocenters. The van der Waals surface area contributed by atoms with E-state index in [-0.39, 0.29) is 17.4 Å². The number of phenolic OH excluding ortho intramolecular Hbond substituents is 1. The fourth-order valence-electron chi connectivity index (χ4n) is 3.67. The van der Waals surface area contributed by atoms with Crippen molar-refractivity contribution in [2.24, 2.45) is 0 Å². The largest absolute Gasteiger partial charge is 0.508 e. The molecule has 4 rings (SSSR count). The molecule has 1 amide bonds. The fraction of sp³-hybridized carbons (Fsp3) is 0.286. The molecule has 0 bridgehead atoms. The van der Waals surface area contributed by atoms with Crippen molar-refractivity contribution in [2.45, 2.75) is 12.8 Å². The Labute approximate surface area is 164 Å². The number of phenols is 1. The van der Waals surface area contributed by atoms with E-state index in [1.807, 2.05) is 18.2 Å². The van der Waals surface area contributed by atoms with E-state index in [2.05, 4.69) is 0 Å². The third kappa shape index (κ3) is 3.62. The molecule has 0 spiro atoms. The highest BCUT2D eigenvalue weighted by molar-refractivity contribution is 7.93. The van der Waals surface area contributed by atoms with Crippen molar-refractivity contribution >= 4 is 27.2 Å². The molecule has 0 aromatic heterocycles. The number of aromatic hydroxyl groups is 1. The van der Waals surface area contributed by atoms with E-state index in [4.69, 9.17) is 0 Å². The number of sulfonamides is 1. The third-order valence-electron chi connectivity index (χ3n) is 5.24. The lowest BCUT2D eigenvalue weighted by Crippen LogP contribution is -2.34. The molecule has 0 radical (unpaired) electrons. The Morgan fingerprint density at radius 2 is 1.68 bits per heavy atom. The van der Waals surface area contributed by atoms with Crippen LogP contribution in [0.3, 0.4) is 0 Å². The molecule has 0 atom stereocenters. The molecular formula is C21H22N2O4S. The van der Waals surface area contributed by atoms with Gasteiger partial charge in [0.1, 0.15) is 5.75 Å². The first kappa shape index (κ1) is 18.6. The molecule has 2 aliphatic heterocycles. The molecule has 2 aliphatic rings. The molecule has 2 heterocycles. The summed E-state index contributed by atoms with van der Waals surface area (Å²) in [5.41, 5.74) is 3.39. The zero-order chi connectivity index (χ0) is 19.7. The summed E-state index contributed by atoms with van der Waals surface area (Å²) >= 11 is 0. The quantitative estimate of drug-likeness (QED) is 0.862. The number of hydrogen-bond acceptors (Lipinski definition) is 4. The average molecular weight is 398 g/mol. The lowest BCUT2D eigenvalue weighted by atomic mass is 9.99. The second-order valence-electron chi connectivity index (χ2n) is 7.07. The van der Waals surface area contributed by atoms with Crippen molar-refractivity contribution in [1.29, 1.82) is 0 Å². The molecule has 1 N–H and O–H groups in total. The van der Waals surface area contributed by atoms with Gasteiger partial charge in [-0.1, -0.05) is 18.2 Å². The van der Waals surface area contributed by atoms with Crippen molar-refractivity contribution in [1.82, 2.24) is 4.90 Å². The predicted octanol–water partition coefficient (Wildman–Crippen LogP) is 2.86. The van der Waals surface area contributed by atoms with Gasteiger partial charge < -0.3 is 10.0 Å². The molecule has 1 saturated heterocycles. The second kappa shape index (κ2) is 7.31. The Morgan fingerprint density at radius 1 is 0.964 bits per heavy atom. The number of anilines is 1. The molecule has 2 aromatic carbocycles. The van der Waals surface area contributed by atoms with Gasteiger partial charge in [-0.25, -0.2) is 8.42 Å². The van der Waals surface area contributed by atoms with Gasteiger partial charge in [0.15, 0.2) is 0 Å². The Hall–Kier alpha value is -2.80. The highest BCUT2D eigenvalue weighted by Gasteiger charge is 2.28. The van der Waals surface area contributed by atoms with Gasteiger partial charge in [0.05, 0.1) is 11.4 Å². The van der Waals surface area contributed by atoms with Crippen molar-refractivity contribution in [3.05, 3.63) is 65.7 Å². The normalized spacial score (nSPS) is 18.8. The van der Waals surface area contributed by atoms with Crippen LogP contribution in [0.2, 0.25) is 0 Å². The van der Waals surface area contributed by atoms with Gasteiger partial charge in [-0.2, -0.15) is 0 Å². The van der Waals surface area contributed by atoms with Crippen molar-refractivity contribution < 1.29 is 18.3 Å². The smallest absolute Gasteiger partial charge is 0.254 e. The van der Waals surface area contributed by atoms with Crippen molar-refractivity contribution in [2.75, 3.05) is 29.7 Å². The van der Waals surface area contributed by atoms with E-state index in [0.29, 0.717) is 37.3 Å². The van der Waals surface area contributed by atoms with Crippen LogP contribution in [-0.2, 0) is 10.0 Å². The first-order valence-corrected chi connectivity index (χ1v) is 10.9. The molecule has 146 valence electrons. The minimum atomic E-state index is -3.21. The van der Waals surface area contributed by atoms with Gasteiger partial charge in [-0.3, -0.25) is 9.10 Å². The Kier molecular flexibility index (Phi) is 4.85. The zero-order valence-corrected chi connectivity index (χ0v) is 16.2. The van der Waals surface area contributed by atoms with Gasteiger partial charge in [0.2, 0.25) is 10.0 Å². The number of nitrogens with zero attached hydrogens (tertiary/aromatic N) is 2. The van der Waals surface area contributed by atoms with Crippen molar-refractivity contribution in [3.8, 4) is 5.75 Å². The molecule has 2 aromatic rings. The Balaban J connectivity index is 1.44. The molecule has 0 saturated carbocycles. The molecule has 7 heteroatoms. The predicted molar refractivity (Wildman–Crippen MR) is 109 cm³/mol. The Bertz CT molecular complexity index is 1010. The lowest BCUT2D eigenvalue weighted by Gasteiger charge is -2.27. The zero-order valence-electron chi connectivity index (χ0n) is 15.4. The van der Waals surface area contributed by atoms with Crippen LogP contribution in [0.1, 0.15) is 28.8 Å². The maximum absolute atomic E-state index is 12.8. The van der Waals surface area contributed by atoms with Crippen LogP contribution in [-0.4, -0.2) is 49.7 Å². The molecule has 0 aliphatic carbocycles. The van der Waals surface area contributed by atoms with Crippen LogP contribution in [0, 0.1) is 0 Å². The molecule has 6 nitrogen and oxygen atoms in total. The second-order valence-corrected chi connectivity index (χ2v) is 9.08. The average Bonchev–Trinajstić information content (AvgIpc) is 3.07. The van der Waals surface area contributed by atoms with Crippen LogP contribution in [0.25, 0.3) is 5.57 Å². The number of benzene rings is 2. The van der Waals surface area contributed by atoms with Crippen LogP contribution in [0.15, 0.2) is 54.6 Å². The Morgan fingerprint density at radius 3 is 2.25 bits per heavy atom. The minimum absolute atomic E-state index is 0.0585. The number of rotatable bonds is 3. The summed E-state index contributed by atoms with van der Waals surface area (Å²) < 4.78 is 25.5. The number of hydrogen-bond donors (Lipinski definition) is 1. The van der Waals surface area contributed by atoms with Gasteiger partial charge in [0.25, 0.3) is 5.91 Å². The summed E-state index contributed by atoms with van der Waals surface area (Å²) in [4.78, 5) is 14.6. The van der Waals surface area contributed by atoms with Crippen LogP contribution < -0.4 is 4.31 Å². The summed E-state index contributed by atoms with van der Waals surface area (Å²) in [5, 5.41) is 9.40. The number of carbonyl (C=O) groups excluding carboxylic acids is 1. The van der Waals surface area contributed by atoms with E-state index >= 15 is 0 Å². The maximum Gasteiger partial charge on any atom is 0.254 e.